The van der Waals surface area contributed by atoms with Crippen LogP contribution in [0.4, 0.5) is 4.79 Å². The van der Waals surface area contributed by atoms with Gasteiger partial charge in [-0.05, 0) is 0 Å². The highest BCUT2D eigenvalue weighted by atomic mass is 16.2. The van der Waals surface area contributed by atoms with Crippen molar-refractivity contribution in [2.45, 2.75) is 13.3 Å². The van der Waals surface area contributed by atoms with E-state index in [1.54, 1.807) is 0 Å². The van der Waals surface area contributed by atoms with Crippen molar-refractivity contribution in [3.63, 3.8) is 0 Å². The Morgan fingerprint density at radius 3 is 2.65 bits per heavy atom. The van der Waals surface area contributed by atoms with E-state index in [-0.39, 0.29) is 31.4 Å². The molecule has 8 nitrogen and oxygen atoms in total. The fraction of sp³-hybridized carbons (Fsp3) is 0.556. The first-order chi connectivity index (χ1) is 8.00. The highest BCUT2D eigenvalue weighted by Gasteiger charge is 2.25. The lowest BCUT2D eigenvalue weighted by atomic mass is 10.3. The monoisotopic (exact) mass is 242 g/mol. The molecule has 0 aliphatic carbocycles. The van der Waals surface area contributed by atoms with Crippen LogP contribution in [0.3, 0.4) is 0 Å². The van der Waals surface area contributed by atoms with E-state index in [0.29, 0.717) is 6.54 Å². The van der Waals surface area contributed by atoms with Crippen LogP contribution in [0.25, 0.3) is 0 Å². The van der Waals surface area contributed by atoms with E-state index in [1.807, 2.05) is 0 Å². The number of carbonyl (C=O) groups is 4. The van der Waals surface area contributed by atoms with Crippen molar-refractivity contribution in [2.75, 3.05) is 19.8 Å². The van der Waals surface area contributed by atoms with Crippen molar-refractivity contribution in [3.05, 3.63) is 0 Å². The zero-order valence-corrected chi connectivity index (χ0v) is 9.41. The van der Waals surface area contributed by atoms with Crippen LogP contribution in [0.15, 0.2) is 0 Å². The van der Waals surface area contributed by atoms with Crippen LogP contribution in [0, 0.1) is 0 Å². The van der Waals surface area contributed by atoms with Gasteiger partial charge in [-0.25, -0.2) is 9.69 Å². The van der Waals surface area contributed by atoms with E-state index >= 15 is 0 Å². The summed E-state index contributed by atoms with van der Waals surface area (Å²) in [6, 6.07) is -0.527. The molecule has 1 fully saturated rings. The highest BCUT2D eigenvalue weighted by molar-refractivity contribution is 5.97. The second kappa shape index (κ2) is 5.83. The van der Waals surface area contributed by atoms with Gasteiger partial charge in [-0.15, -0.1) is 0 Å². The van der Waals surface area contributed by atoms with Crippen molar-refractivity contribution >= 4 is 23.8 Å². The van der Waals surface area contributed by atoms with Crippen molar-refractivity contribution in [1.82, 2.24) is 20.9 Å². The Kier molecular flexibility index (Phi) is 4.44. The molecule has 0 aromatic rings. The summed E-state index contributed by atoms with van der Waals surface area (Å²) in [7, 11) is 0. The highest BCUT2D eigenvalue weighted by Crippen LogP contribution is 1.99. The summed E-state index contributed by atoms with van der Waals surface area (Å²) in [6.07, 6.45) is 0.216. The Labute approximate surface area is 97.7 Å². The van der Waals surface area contributed by atoms with E-state index in [0.717, 1.165) is 4.90 Å². The van der Waals surface area contributed by atoms with Crippen molar-refractivity contribution in [2.24, 2.45) is 0 Å². The number of amides is 5. The van der Waals surface area contributed by atoms with Gasteiger partial charge in [0, 0.05) is 19.9 Å². The maximum Gasteiger partial charge on any atom is 0.325 e. The summed E-state index contributed by atoms with van der Waals surface area (Å²) in [5.74, 6) is -1.13. The van der Waals surface area contributed by atoms with Gasteiger partial charge in [-0.1, -0.05) is 0 Å². The first-order valence-corrected chi connectivity index (χ1v) is 5.10. The summed E-state index contributed by atoms with van der Waals surface area (Å²) >= 11 is 0. The number of urea groups is 1. The fourth-order valence-electron chi connectivity index (χ4n) is 1.21. The van der Waals surface area contributed by atoms with E-state index in [1.165, 1.54) is 6.92 Å². The lowest BCUT2D eigenvalue weighted by molar-refractivity contribution is -0.131. The topological polar surface area (TPSA) is 108 Å². The van der Waals surface area contributed by atoms with Crippen LogP contribution in [-0.4, -0.2) is 48.4 Å². The maximum atomic E-state index is 11.3. The van der Waals surface area contributed by atoms with Crippen LogP contribution in [-0.2, 0) is 14.4 Å². The van der Waals surface area contributed by atoms with Crippen LogP contribution in [0.5, 0.6) is 0 Å². The number of nitrogens with zero attached hydrogens (tertiary/aromatic N) is 1. The summed E-state index contributed by atoms with van der Waals surface area (Å²) < 4.78 is 0. The molecule has 1 aliphatic rings. The molecule has 1 aliphatic heterocycles. The lowest BCUT2D eigenvalue weighted by Crippen LogP contribution is -2.54. The average Bonchev–Trinajstić information content (AvgIpc) is 2.25. The SMILES string of the molecule is CC(=O)NCC(=O)NCN1C(=O)CCNC1=O. The summed E-state index contributed by atoms with van der Waals surface area (Å²) in [5, 5.41) is 7.14. The molecule has 0 radical (unpaired) electrons. The molecule has 0 spiro atoms. The molecule has 17 heavy (non-hydrogen) atoms. The van der Waals surface area contributed by atoms with Crippen LogP contribution in [0.2, 0.25) is 0 Å². The predicted octanol–water partition coefficient (Wildman–Crippen LogP) is -1.86. The minimum absolute atomic E-state index is 0.182. The molecule has 1 saturated heterocycles. The Bertz CT molecular complexity index is 339. The van der Waals surface area contributed by atoms with E-state index in [4.69, 9.17) is 0 Å². The van der Waals surface area contributed by atoms with Gasteiger partial charge in [0.25, 0.3) is 0 Å². The standard InChI is InChI=1S/C9H14N4O4/c1-6(14)11-4-7(15)12-5-13-8(16)2-3-10-9(13)17/h2-5H2,1H3,(H,10,17)(H,11,14)(H,12,15). The van der Waals surface area contributed by atoms with Gasteiger partial charge >= 0.3 is 6.03 Å². The van der Waals surface area contributed by atoms with Crippen LogP contribution in [0.1, 0.15) is 13.3 Å². The van der Waals surface area contributed by atoms with Crippen LogP contribution >= 0.6 is 0 Å². The van der Waals surface area contributed by atoms with Gasteiger partial charge in [-0.2, -0.15) is 0 Å². The minimum Gasteiger partial charge on any atom is -0.347 e. The van der Waals surface area contributed by atoms with Crippen molar-refractivity contribution < 1.29 is 19.2 Å². The zero-order valence-electron chi connectivity index (χ0n) is 9.41. The summed E-state index contributed by atoms with van der Waals surface area (Å²) in [4.78, 5) is 45.2. The Morgan fingerprint density at radius 2 is 2.06 bits per heavy atom. The molecule has 0 aromatic carbocycles. The molecule has 0 saturated carbocycles. The molecular weight excluding hydrogens is 228 g/mol. The molecule has 1 heterocycles. The number of hydrogen-bond acceptors (Lipinski definition) is 4. The van der Waals surface area contributed by atoms with Gasteiger partial charge in [-0.3, -0.25) is 14.4 Å². The number of carbonyl (C=O) groups excluding carboxylic acids is 4. The van der Waals surface area contributed by atoms with Gasteiger partial charge in [0.15, 0.2) is 0 Å². The minimum atomic E-state index is -0.527. The van der Waals surface area contributed by atoms with Gasteiger partial charge in [0.2, 0.25) is 17.7 Å². The normalized spacial score (nSPS) is 15.2. The molecule has 8 heteroatoms. The quantitative estimate of drug-likeness (QED) is 0.537. The largest absolute Gasteiger partial charge is 0.347 e. The number of imide groups is 1. The van der Waals surface area contributed by atoms with Gasteiger partial charge in [0.1, 0.15) is 6.67 Å². The molecule has 94 valence electrons. The molecule has 1 rings (SSSR count). The molecule has 5 amide bonds. The number of rotatable bonds is 4. The van der Waals surface area contributed by atoms with E-state index in [2.05, 4.69) is 16.0 Å². The first-order valence-electron chi connectivity index (χ1n) is 5.10. The average molecular weight is 242 g/mol. The smallest absolute Gasteiger partial charge is 0.325 e. The summed E-state index contributed by atoms with van der Waals surface area (Å²) in [6.45, 7) is 1.23. The first kappa shape index (κ1) is 12.9. The van der Waals surface area contributed by atoms with Crippen LogP contribution < -0.4 is 16.0 Å². The zero-order chi connectivity index (χ0) is 12.8. The van der Waals surface area contributed by atoms with E-state index < -0.39 is 11.9 Å². The maximum absolute atomic E-state index is 11.3. The predicted molar refractivity (Wildman–Crippen MR) is 56.6 cm³/mol. The Morgan fingerprint density at radius 1 is 1.35 bits per heavy atom. The molecule has 0 atom stereocenters. The number of hydrogen-bond donors (Lipinski definition) is 3. The second-order valence-electron chi connectivity index (χ2n) is 3.47. The van der Waals surface area contributed by atoms with Gasteiger partial charge in [0.05, 0.1) is 6.54 Å². The third-order valence-electron chi connectivity index (χ3n) is 2.09. The van der Waals surface area contributed by atoms with Crippen molar-refractivity contribution in [1.29, 1.82) is 0 Å². The third-order valence-corrected chi connectivity index (χ3v) is 2.09. The molecule has 0 aromatic heterocycles. The Hall–Kier alpha value is -2.12. The lowest BCUT2D eigenvalue weighted by Gasteiger charge is -2.25. The number of nitrogens with one attached hydrogen (secondary N) is 3. The summed E-state index contributed by atoms with van der Waals surface area (Å²) in [5.41, 5.74) is 0. The Balaban J connectivity index is 2.33. The fourth-order valence-corrected chi connectivity index (χ4v) is 1.21. The molecular formula is C9H14N4O4. The van der Waals surface area contributed by atoms with Gasteiger partial charge < -0.3 is 16.0 Å². The van der Waals surface area contributed by atoms with Crippen molar-refractivity contribution in [3.8, 4) is 0 Å². The van der Waals surface area contributed by atoms with E-state index in [9.17, 15) is 19.2 Å². The second-order valence-corrected chi connectivity index (χ2v) is 3.47. The molecule has 3 N–H and O–H groups in total. The molecule has 0 bridgehead atoms. The third kappa shape index (κ3) is 4.09. The molecule has 0 unspecified atom stereocenters.